The van der Waals surface area contributed by atoms with Gasteiger partial charge in [-0.1, -0.05) is 0 Å². The lowest BCUT2D eigenvalue weighted by molar-refractivity contribution is 0.534. The van der Waals surface area contributed by atoms with E-state index in [1.807, 2.05) is 31.2 Å². The van der Waals surface area contributed by atoms with Crippen LogP contribution in [0.15, 0.2) is 31.2 Å². The standard InChI is InChI=1S/C13H21N5/c1-12(2)18-11-16-9-13(18)8-14-4-3-6-17-7-5-15-10-17/h5,7,9-12,14H,3-4,6,8H2,1-2H3. The van der Waals surface area contributed by atoms with Crippen LogP contribution in [-0.4, -0.2) is 25.6 Å². The Labute approximate surface area is 108 Å². The molecule has 18 heavy (non-hydrogen) atoms. The van der Waals surface area contributed by atoms with Crippen molar-refractivity contribution in [3.05, 3.63) is 36.9 Å². The van der Waals surface area contributed by atoms with Crippen LogP contribution in [0.25, 0.3) is 0 Å². The molecular weight excluding hydrogens is 226 g/mol. The molecule has 2 heterocycles. The highest BCUT2D eigenvalue weighted by molar-refractivity contribution is 4.99. The molecule has 0 aliphatic carbocycles. The van der Waals surface area contributed by atoms with Crippen LogP contribution in [-0.2, 0) is 13.1 Å². The van der Waals surface area contributed by atoms with Gasteiger partial charge in [0.2, 0.25) is 0 Å². The molecular formula is C13H21N5. The lowest BCUT2D eigenvalue weighted by Gasteiger charge is -2.12. The molecule has 0 aliphatic rings. The first kappa shape index (κ1) is 12.8. The Morgan fingerprint density at radius 1 is 1.28 bits per heavy atom. The van der Waals surface area contributed by atoms with Crippen molar-refractivity contribution in [1.29, 1.82) is 0 Å². The highest BCUT2D eigenvalue weighted by Crippen LogP contribution is 2.08. The maximum absolute atomic E-state index is 4.19. The minimum Gasteiger partial charge on any atom is -0.337 e. The molecule has 0 bridgehead atoms. The Hall–Kier alpha value is -1.62. The van der Waals surface area contributed by atoms with Gasteiger partial charge in [-0.05, 0) is 26.8 Å². The van der Waals surface area contributed by atoms with Crippen molar-refractivity contribution in [3.63, 3.8) is 0 Å². The fourth-order valence-corrected chi connectivity index (χ4v) is 1.96. The van der Waals surface area contributed by atoms with Gasteiger partial charge in [0.1, 0.15) is 0 Å². The second-order valence-corrected chi connectivity index (χ2v) is 4.72. The van der Waals surface area contributed by atoms with Gasteiger partial charge in [-0.3, -0.25) is 0 Å². The number of imidazole rings is 2. The number of rotatable bonds is 7. The zero-order chi connectivity index (χ0) is 12.8. The van der Waals surface area contributed by atoms with E-state index in [0.29, 0.717) is 6.04 Å². The lowest BCUT2D eigenvalue weighted by Crippen LogP contribution is -2.19. The summed E-state index contributed by atoms with van der Waals surface area (Å²) in [7, 11) is 0. The molecule has 1 N–H and O–H groups in total. The number of nitrogens with zero attached hydrogens (tertiary/aromatic N) is 4. The Kier molecular flexibility index (Phi) is 4.52. The van der Waals surface area contributed by atoms with Crippen molar-refractivity contribution in [2.24, 2.45) is 0 Å². The van der Waals surface area contributed by atoms with Gasteiger partial charge < -0.3 is 14.5 Å². The van der Waals surface area contributed by atoms with Crippen LogP contribution in [0.1, 0.15) is 32.0 Å². The molecule has 0 fully saturated rings. The summed E-state index contributed by atoms with van der Waals surface area (Å²) in [6, 6.07) is 0.468. The third-order valence-corrected chi connectivity index (χ3v) is 2.94. The van der Waals surface area contributed by atoms with Gasteiger partial charge in [-0.2, -0.15) is 0 Å². The Balaban J connectivity index is 1.67. The molecule has 0 amide bonds. The number of aromatic nitrogens is 4. The van der Waals surface area contributed by atoms with E-state index >= 15 is 0 Å². The van der Waals surface area contributed by atoms with Crippen LogP contribution >= 0.6 is 0 Å². The third-order valence-electron chi connectivity index (χ3n) is 2.94. The van der Waals surface area contributed by atoms with Crippen molar-refractivity contribution in [3.8, 4) is 0 Å². The molecule has 0 unspecified atom stereocenters. The smallest absolute Gasteiger partial charge is 0.0951 e. The van der Waals surface area contributed by atoms with Gasteiger partial charge in [0.15, 0.2) is 0 Å². The predicted molar refractivity (Wildman–Crippen MR) is 71.2 cm³/mol. The van der Waals surface area contributed by atoms with Crippen LogP contribution in [0.4, 0.5) is 0 Å². The first-order valence-corrected chi connectivity index (χ1v) is 6.44. The van der Waals surface area contributed by atoms with Gasteiger partial charge >= 0.3 is 0 Å². The van der Waals surface area contributed by atoms with Gasteiger partial charge in [-0.15, -0.1) is 0 Å². The maximum atomic E-state index is 4.19. The van der Waals surface area contributed by atoms with Crippen molar-refractivity contribution in [2.75, 3.05) is 6.54 Å². The summed E-state index contributed by atoms with van der Waals surface area (Å²) in [5.74, 6) is 0. The van der Waals surface area contributed by atoms with E-state index in [0.717, 1.165) is 26.1 Å². The number of aryl methyl sites for hydroxylation is 1. The molecule has 5 heteroatoms. The first-order valence-electron chi connectivity index (χ1n) is 6.44. The summed E-state index contributed by atoms with van der Waals surface area (Å²) < 4.78 is 4.29. The van der Waals surface area contributed by atoms with Gasteiger partial charge in [0.25, 0.3) is 0 Å². The molecule has 2 rings (SSSR count). The van der Waals surface area contributed by atoms with Crippen LogP contribution in [0, 0.1) is 0 Å². The van der Waals surface area contributed by atoms with E-state index in [1.165, 1.54) is 5.69 Å². The predicted octanol–water partition coefficient (Wildman–Crippen LogP) is 1.84. The van der Waals surface area contributed by atoms with Crippen molar-refractivity contribution >= 4 is 0 Å². The average molecular weight is 247 g/mol. The van der Waals surface area contributed by atoms with E-state index < -0.39 is 0 Å². The van der Waals surface area contributed by atoms with Crippen LogP contribution in [0.3, 0.4) is 0 Å². The second kappa shape index (κ2) is 6.35. The molecule has 0 aromatic carbocycles. The average Bonchev–Trinajstić information content (AvgIpc) is 2.98. The monoisotopic (exact) mass is 247 g/mol. The fourth-order valence-electron chi connectivity index (χ4n) is 1.96. The molecule has 0 atom stereocenters. The van der Waals surface area contributed by atoms with E-state index in [4.69, 9.17) is 0 Å². The summed E-state index contributed by atoms with van der Waals surface area (Å²) >= 11 is 0. The topological polar surface area (TPSA) is 47.7 Å². The first-order chi connectivity index (χ1) is 8.77. The summed E-state index contributed by atoms with van der Waals surface area (Å²) in [4.78, 5) is 8.22. The van der Waals surface area contributed by atoms with E-state index in [2.05, 4.69) is 38.3 Å². The van der Waals surface area contributed by atoms with Crippen LogP contribution in [0.5, 0.6) is 0 Å². The van der Waals surface area contributed by atoms with Gasteiger partial charge in [0, 0.05) is 37.7 Å². The van der Waals surface area contributed by atoms with Crippen molar-refractivity contribution < 1.29 is 0 Å². The highest BCUT2D eigenvalue weighted by atomic mass is 15.1. The molecule has 2 aromatic rings. The molecule has 98 valence electrons. The van der Waals surface area contributed by atoms with Crippen LogP contribution < -0.4 is 5.32 Å². The molecule has 0 aliphatic heterocycles. The maximum Gasteiger partial charge on any atom is 0.0951 e. The van der Waals surface area contributed by atoms with E-state index in [-0.39, 0.29) is 0 Å². The number of hydrogen-bond donors (Lipinski definition) is 1. The molecule has 5 nitrogen and oxygen atoms in total. The second-order valence-electron chi connectivity index (χ2n) is 4.72. The number of nitrogens with one attached hydrogen (secondary N) is 1. The Morgan fingerprint density at radius 3 is 2.89 bits per heavy atom. The van der Waals surface area contributed by atoms with E-state index in [9.17, 15) is 0 Å². The lowest BCUT2D eigenvalue weighted by atomic mass is 10.3. The van der Waals surface area contributed by atoms with Crippen LogP contribution in [0.2, 0.25) is 0 Å². The third kappa shape index (κ3) is 3.43. The summed E-state index contributed by atoms with van der Waals surface area (Å²) in [6.07, 6.45) is 10.6. The highest BCUT2D eigenvalue weighted by Gasteiger charge is 2.04. The zero-order valence-corrected chi connectivity index (χ0v) is 11.1. The van der Waals surface area contributed by atoms with Gasteiger partial charge in [-0.25, -0.2) is 9.97 Å². The SMILES string of the molecule is CC(C)n1cncc1CNCCCn1ccnc1. The molecule has 2 aromatic heterocycles. The van der Waals surface area contributed by atoms with Gasteiger partial charge in [0.05, 0.1) is 18.3 Å². The normalized spacial score (nSPS) is 11.3. The zero-order valence-electron chi connectivity index (χ0n) is 11.1. The van der Waals surface area contributed by atoms with E-state index in [1.54, 1.807) is 0 Å². The summed E-state index contributed by atoms with van der Waals surface area (Å²) in [5, 5.41) is 3.45. The molecule has 0 saturated carbocycles. The quantitative estimate of drug-likeness (QED) is 0.759. The number of hydrogen-bond acceptors (Lipinski definition) is 3. The molecule has 0 saturated heterocycles. The largest absolute Gasteiger partial charge is 0.337 e. The molecule has 0 radical (unpaired) electrons. The summed E-state index contributed by atoms with van der Waals surface area (Å²) in [5.41, 5.74) is 1.24. The molecule has 0 spiro atoms. The van der Waals surface area contributed by atoms with Crippen molar-refractivity contribution in [1.82, 2.24) is 24.4 Å². The minimum atomic E-state index is 0.468. The van der Waals surface area contributed by atoms with Crippen molar-refractivity contribution in [2.45, 2.75) is 39.4 Å². The Morgan fingerprint density at radius 2 is 2.17 bits per heavy atom. The fraction of sp³-hybridized carbons (Fsp3) is 0.538. The summed E-state index contributed by atoms with van der Waals surface area (Å²) in [6.45, 7) is 7.23. The minimum absolute atomic E-state index is 0.468. The Bertz CT molecular complexity index is 444.